The lowest BCUT2D eigenvalue weighted by molar-refractivity contribution is -0.231. The van der Waals surface area contributed by atoms with Crippen LogP contribution in [0.15, 0.2) is 12.0 Å². The third-order valence-corrected chi connectivity index (χ3v) is 4.75. The summed E-state index contributed by atoms with van der Waals surface area (Å²) in [6.45, 7) is 7.31. The van der Waals surface area contributed by atoms with Crippen molar-refractivity contribution in [3.8, 4) is 0 Å². The van der Waals surface area contributed by atoms with Crippen LogP contribution in [0.25, 0.3) is 0 Å². The van der Waals surface area contributed by atoms with Crippen molar-refractivity contribution in [3.05, 3.63) is 12.0 Å². The quantitative estimate of drug-likeness (QED) is 0.733. The molecule has 0 spiro atoms. The lowest BCUT2D eigenvalue weighted by Gasteiger charge is -2.34. The maximum Gasteiger partial charge on any atom is 0.235 e. The number of ether oxygens (including phenoxy) is 1. The van der Waals surface area contributed by atoms with Crippen molar-refractivity contribution < 1.29 is 18.0 Å². The predicted octanol–water partition coefficient (Wildman–Crippen LogP) is 0.188. The summed E-state index contributed by atoms with van der Waals surface area (Å²) in [5, 5.41) is 2.93. The zero-order valence-corrected chi connectivity index (χ0v) is 11.3. The molecule has 2 saturated heterocycles. The highest BCUT2D eigenvalue weighted by Crippen LogP contribution is 2.18. The molecular formula is C11H20N2O4S. The Kier molecular flexibility index (Phi) is 4.74. The van der Waals surface area contributed by atoms with Gasteiger partial charge in [-0.25, -0.2) is 8.42 Å². The number of hydroxylamine groups is 2. The van der Waals surface area contributed by atoms with E-state index in [0.717, 1.165) is 31.3 Å². The Morgan fingerprint density at radius 2 is 1.78 bits per heavy atom. The van der Waals surface area contributed by atoms with Gasteiger partial charge in [0.05, 0.1) is 19.3 Å². The van der Waals surface area contributed by atoms with Crippen molar-refractivity contribution in [1.82, 2.24) is 9.37 Å². The molecule has 0 saturated carbocycles. The Hall–Kier alpha value is -0.470. The molecule has 18 heavy (non-hydrogen) atoms. The second-order valence-corrected chi connectivity index (χ2v) is 6.34. The lowest BCUT2D eigenvalue weighted by atomic mass is 10.1. The number of nitrogens with zero attached hydrogens (tertiary/aromatic N) is 2. The molecule has 2 rings (SSSR count). The molecule has 0 aromatic carbocycles. The summed E-state index contributed by atoms with van der Waals surface area (Å²) in [7, 11) is -3.27. The molecule has 0 radical (unpaired) electrons. The van der Waals surface area contributed by atoms with E-state index >= 15 is 0 Å². The first kappa shape index (κ1) is 14.0. The molecule has 0 unspecified atom stereocenters. The Labute approximate surface area is 108 Å². The minimum Gasteiger partial charge on any atom is -0.379 e. The summed E-state index contributed by atoms with van der Waals surface area (Å²) < 4.78 is 29.9. The molecule has 2 heterocycles. The van der Waals surface area contributed by atoms with Gasteiger partial charge in [-0.1, -0.05) is 6.58 Å². The second-order valence-electron chi connectivity index (χ2n) is 4.46. The van der Waals surface area contributed by atoms with Crippen molar-refractivity contribution in [2.45, 2.75) is 18.9 Å². The topological polar surface area (TPSA) is 59.1 Å². The van der Waals surface area contributed by atoms with E-state index in [-0.39, 0.29) is 6.10 Å². The van der Waals surface area contributed by atoms with Crippen LogP contribution in [-0.4, -0.2) is 63.3 Å². The first-order valence-electron chi connectivity index (χ1n) is 6.24. The Balaban J connectivity index is 1.78. The second kappa shape index (κ2) is 6.12. The van der Waals surface area contributed by atoms with Crippen LogP contribution in [-0.2, 0) is 19.6 Å². The number of hydrogen-bond acceptors (Lipinski definition) is 5. The summed E-state index contributed by atoms with van der Waals surface area (Å²) in [4.78, 5) is 5.83. The number of morpholine rings is 1. The van der Waals surface area contributed by atoms with Crippen molar-refractivity contribution in [2.75, 3.05) is 39.4 Å². The van der Waals surface area contributed by atoms with E-state index in [4.69, 9.17) is 9.57 Å². The molecule has 0 N–H and O–H groups in total. The third-order valence-electron chi connectivity index (χ3n) is 3.24. The first-order chi connectivity index (χ1) is 8.62. The summed E-state index contributed by atoms with van der Waals surface area (Å²) in [6.07, 6.45) is 1.56. The largest absolute Gasteiger partial charge is 0.379 e. The smallest absolute Gasteiger partial charge is 0.235 e. The summed E-state index contributed by atoms with van der Waals surface area (Å²) >= 11 is 0. The standard InChI is InChI=1S/C11H20N2O4S/c1-2-18(14,15)13-5-3-11(4-6-13)17-12-7-9-16-10-8-12/h2,11H,1,3-10H2. The van der Waals surface area contributed by atoms with Crippen molar-refractivity contribution in [2.24, 2.45) is 0 Å². The van der Waals surface area contributed by atoms with Gasteiger partial charge >= 0.3 is 0 Å². The maximum atomic E-state index is 11.6. The average Bonchev–Trinajstić information content (AvgIpc) is 2.40. The van der Waals surface area contributed by atoms with Gasteiger partial charge in [-0.15, -0.1) is 0 Å². The molecule has 0 bridgehead atoms. The fourth-order valence-corrected chi connectivity index (χ4v) is 3.09. The molecule has 7 heteroatoms. The van der Waals surface area contributed by atoms with Crippen LogP contribution in [0.4, 0.5) is 0 Å². The van der Waals surface area contributed by atoms with E-state index in [1.54, 1.807) is 0 Å². The van der Waals surface area contributed by atoms with Crippen LogP contribution in [0.5, 0.6) is 0 Å². The number of rotatable bonds is 4. The first-order valence-corrected chi connectivity index (χ1v) is 7.74. The van der Waals surface area contributed by atoms with Crippen LogP contribution < -0.4 is 0 Å². The number of piperidine rings is 1. The minimum absolute atomic E-state index is 0.111. The molecule has 2 aliphatic heterocycles. The van der Waals surface area contributed by atoms with Crippen LogP contribution in [0.1, 0.15) is 12.8 Å². The summed E-state index contributed by atoms with van der Waals surface area (Å²) in [5.74, 6) is 0. The van der Waals surface area contributed by atoms with Gasteiger partial charge in [0.25, 0.3) is 0 Å². The summed E-state index contributed by atoms with van der Waals surface area (Å²) in [6, 6.07) is 0. The molecule has 0 aliphatic carbocycles. The highest BCUT2D eigenvalue weighted by Gasteiger charge is 2.28. The van der Waals surface area contributed by atoms with Gasteiger partial charge in [0, 0.05) is 31.6 Å². The van der Waals surface area contributed by atoms with Crippen molar-refractivity contribution in [1.29, 1.82) is 0 Å². The molecule has 2 aliphatic rings. The van der Waals surface area contributed by atoms with Crippen molar-refractivity contribution >= 4 is 10.0 Å². The average molecular weight is 276 g/mol. The Morgan fingerprint density at radius 3 is 2.33 bits per heavy atom. The van der Waals surface area contributed by atoms with Crippen LogP contribution in [0.2, 0.25) is 0 Å². The zero-order valence-electron chi connectivity index (χ0n) is 10.5. The van der Waals surface area contributed by atoms with Gasteiger partial charge in [-0.05, 0) is 12.8 Å². The van der Waals surface area contributed by atoms with E-state index in [1.165, 1.54) is 4.31 Å². The normalized spacial score (nSPS) is 25.1. The molecule has 0 amide bonds. The van der Waals surface area contributed by atoms with E-state index in [1.807, 2.05) is 5.06 Å². The minimum atomic E-state index is -3.27. The Morgan fingerprint density at radius 1 is 1.17 bits per heavy atom. The fourth-order valence-electron chi connectivity index (χ4n) is 2.16. The van der Waals surface area contributed by atoms with Crippen LogP contribution in [0, 0.1) is 0 Å². The molecule has 0 aromatic rings. The van der Waals surface area contributed by atoms with Gasteiger partial charge in [0.15, 0.2) is 0 Å². The molecular weight excluding hydrogens is 256 g/mol. The Bertz CT molecular complexity index is 371. The zero-order chi connectivity index (χ0) is 13.0. The monoisotopic (exact) mass is 276 g/mol. The molecule has 2 fully saturated rings. The van der Waals surface area contributed by atoms with Crippen molar-refractivity contribution in [3.63, 3.8) is 0 Å². The lowest BCUT2D eigenvalue weighted by Crippen LogP contribution is -2.44. The number of hydrogen-bond donors (Lipinski definition) is 0. The summed E-state index contributed by atoms with van der Waals surface area (Å²) in [5.41, 5.74) is 0. The van der Waals surface area contributed by atoms with Gasteiger partial charge in [-0.2, -0.15) is 9.37 Å². The van der Waals surface area contributed by atoms with Gasteiger partial charge < -0.3 is 4.74 Å². The van der Waals surface area contributed by atoms with Crippen LogP contribution in [0.3, 0.4) is 0 Å². The number of sulfonamides is 1. The third kappa shape index (κ3) is 3.52. The molecule has 0 atom stereocenters. The van der Waals surface area contributed by atoms with Crippen LogP contribution >= 0.6 is 0 Å². The molecule has 0 aromatic heterocycles. The van der Waals surface area contributed by atoms with Gasteiger partial charge in [0.2, 0.25) is 10.0 Å². The van der Waals surface area contributed by atoms with Gasteiger partial charge in [0.1, 0.15) is 0 Å². The highest BCUT2D eigenvalue weighted by atomic mass is 32.2. The SMILES string of the molecule is C=CS(=O)(=O)N1CCC(ON2CCOCC2)CC1. The van der Waals surface area contributed by atoms with E-state index in [9.17, 15) is 8.42 Å². The maximum absolute atomic E-state index is 11.6. The molecule has 104 valence electrons. The molecule has 6 nitrogen and oxygen atoms in total. The van der Waals surface area contributed by atoms with E-state index in [0.29, 0.717) is 26.3 Å². The fraction of sp³-hybridized carbons (Fsp3) is 0.818. The van der Waals surface area contributed by atoms with E-state index in [2.05, 4.69) is 6.58 Å². The van der Waals surface area contributed by atoms with Gasteiger partial charge in [-0.3, -0.25) is 4.84 Å². The highest BCUT2D eigenvalue weighted by molar-refractivity contribution is 7.92. The van der Waals surface area contributed by atoms with E-state index < -0.39 is 10.0 Å². The predicted molar refractivity (Wildman–Crippen MR) is 67.2 cm³/mol.